The molecule has 2 heterocycles. The molecule has 0 spiro atoms. The second kappa shape index (κ2) is 6.92. The molecule has 136 valence electrons. The van der Waals surface area contributed by atoms with E-state index in [9.17, 15) is 5.11 Å². The molecular formula is C20H16BrN3O3. The zero-order chi connectivity index (χ0) is 19.0. The summed E-state index contributed by atoms with van der Waals surface area (Å²) in [5.74, 6) is 1.39. The van der Waals surface area contributed by atoms with Crippen molar-refractivity contribution in [3.05, 3.63) is 59.3 Å². The summed E-state index contributed by atoms with van der Waals surface area (Å²) in [6, 6.07) is 13.1. The lowest BCUT2D eigenvalue weighted by Crippen LogP contribution is -2.00. The second-order valence-corrected chi connectivity index (χ2v) is 6.62. The van der Waals surface area contributed by atoms with Crippen LogP contribution >= 0.6 is 15.9 Å². The van der Waals surface area contributed by atoms with Gasteiger partial charge in [0, 0.05) is 23.4 Å². The first-order valence-electron chi connectivity index (χ1n) is 8.17. The standard InChI is InChI=1S/C20H16BrN3O3/c1-26-13-5-3-12(4-6-13)15-11-22-17-9-10-23-24(17)19(15)14-7-8-16(27-2)18(21)20(14)25/h3-11,25H,1-2H3. The highest BCUT2D eigenvalue weighted by Gasteiger charge is 2.20. The number of benzene rings is 2. The third kappa shape index (κ3) is 2.90. The van der Waals surface area contributed by atoms with Gasteiger partial charge in [-0.1, -0.05) is 12.1 Å². The van der Waals surface area contributed by atoms with Crippen molar-refractivity contribution in [1.29, 1.82) is 0 Å². The molecule has 0 amide bonds. The summed E-state index contributed by atoms with van der Waals surface area (Å²) in [4.78, 5) is 4.48. The Balaban J connectivity index is 2.01. The van der Waals surface area contributed by atoms with Crippen LogP contribution < -0.4 is 9.47 Å². The van der Waals surface area contributed by atoms with Gasteiger partial charge in [0.25, 0.3) is 0 Å². The highest BCUT2D eigenvalue weighted by atomic mass is 79.9. The Bertz CT molecular complexity index is 1120. The number of ether oxygens (including phenoxy) is 2. The number of aromatic hydroxyl groups is 1. The van der Waals surface area contributed by atoms with Crippen molar-refractivity contribution < 1.29 is 14.6 Å². The molecule has 0 unspecified atom stereocenters. The maximum atomic E-state index is 10.8. The van der Waals surface area contributed by atoms with Crippen LogP contribution in [0.1, 0.15) is 0 Å². The topological polar surface area (TPSA) is 68.9 Å². The van der Waals surface area contributed by atoms with E-state index < -0.39 is 0 Å². The Hall–Kier alpha value is -3.06. The van der Waals surface area contributed by atoms with Crippen molar-refractivity contribution in [1.82, 2.24) is 14.6 Å². The first kappa shape index (κ1) is 17.4. The number of halogens is 1. The van der Waals surface area contributed by atoms with Gasteiger partial charge in [0.1, 0.15) is 21.7 Å². The molecular weight excluding hydrogens is 410 g/mol. The minimum Gasteiger partial charge on any atom is -0.506 e. The summed E-state index contributed by atoms with van der Waals surface area (Å²) < 4.78 is 12.7. The Kier molecular flexibility index (Phi) is 4.45. The maximum Gasteiger partial charge on any atom is 0.155 e. The number of methoxy groups -OCH3 is 2. The van der Waals surface area contributed by atoms with Gasteiger partial charge in [-0.05, 0) is 45.8 Å². The van der Waals surface area contributed by atoms with E-state index in [1.54, 1.807) is 37.2 Å². The number of aromatic nitrogens is 3. The fourth-order valence-corrected chi connectivity index (χ4v) is 3.52. The van der Waals surface area contributed by atoms with Crippen LogP contribution in [0, 0.1) is 0 Å². The quantitative estimate of drug-likeness (QED) is 0.519. The summed E-state index contributed by atoms with van der Waals surface area (Å²) in [5, 5.41) is 15.2. The van der Waals surface area contributed by atoms with E-state index in [-0.39, 0.29) is 5.75 Å². The predicted molar refractivity (Wildman–Crippen MR) is 106 cm³/mol. The van der Waals surface area contributed by atoms with E-state index in [2.05, 4.69) is 26.0 Å². The van der Waals surface area contributed by atoms with Crippen LogP contribution in [0.2, 0.25) is 0 Å². The number of fused-ring (bicyclic) bond motifs is 1. The van der Waals surface area contributed by atoms with Crippen LogP contribution in [0.3, 0.4) is 0 Å². The molecule has 2 aromatic heterocycles. The molecule has 0 aliphatic heterocycles. The molecule has 4 aromatic rings. The molecule has 0 bridgehead atoms. The molecule has 0 fully saturated rings. The van der Waals surface area contributed by atoms with E-state index in [1.807, 2.05) is 36.4 Å². The first-order valence-corrected chi connectivity index (χ1v) is 8.96. The van der Waals surface area contributed by atoms with Crippen molar-refractivity contribution in [2.45, 2.75) is 0 Å². The van der Waals surface area contributed by atoms with Crippen LogP contribution in [0.5, 0.6) is 17.2 Å². The highest BCUT2D eigenvalue weighted by Crippen LogP contribution is 2.44. The van der Waals surface area contributed by atoms with Gasteiger partial charge in [-0.3, -0.25) is 0 Å². The van der Waals surface area contributed by atoms with E-state index in [0.29, 0.717) is 21.4 Å². The summed E-state index contributed by atoms with van der Waals surface area (Å²) in [7, 11) is 3.19. The summed E-state index contributed by atoms with van der Waals surface area (Å²) in [6.07, 6.45) is 3.46. The van der Waals surface area contributed by atoms with Gasteiger partial charge in [0.15, 0.2) is 5.65 Å². The fourth-order valence-electron chi connectivity index (χ4n) is 3.01. The fraction of sp³-hybridized carbons (Fsp3) is 0.100. The molecule has 0 aliphatic carbocycles. The largest absolute Gasteiger partial charge is 0.506 e. The summed E-state index contributed by atoms with van der Waals surface area (Å²) in [6.45, 7) is 0. The maximum absolute atomic E-state index is 10.8. The van der Waals surface area contributed by atoms with Crippen molar-refractivity contribution >= 4 is 21.6 Å². The average Bonchev–Trinajstić information content (AvgIpc) is 3.18. The predicted octanol–water partition coefficient (Wildman–Crippen LogP) is 4.55. The van der Waals surface area contributed by atoms with Crippen LogP contribution in [-0.2, 0) is 0 Å². The lowest BCUT2D eigenvalue weighted by molar-refractivity contribution is 0.404. The molecule has 0 radical (unpaired) electrons. The molecule has 27 heavy (non-hydrogen) atoms. The number of phenols is 1. The molecule has 2 aromatic carbocycles. The number of hydrogen-bond acceptors (Lipinski definition) is 5. The molecule has 1 N–H and O–H groups in total. The van der Waals surface area contributed by atoms with E-state index in [1.165, 1.54) is 0 Å². The van der Waals surface area contributed by atoms with Gasteiger partial charge >= 0.3 is 0 Å². The van der Waals surface area contributed by atoms with Crippen molar-refractivity contribution in [2.24, 2.45) is 0 Å². The first-order chi connectivity index (χ1) is 13.1. The SMILES string of the molecule is COc1ccc(-c2cnc3ccnn3c2-c2ccc(OC)c(Br)c2O)cc1. The van der Waals surface area contributed by atoms with Gasteiger partial charge < -0.3 is 14.6 Å². The van der Waals surface area contributed by atoms with Gasteiger partial charge in [-0.2, -0.15) is 5.10 Å². The molecule has 0 saturated carbocycles. The molecule has 0 saturated heterocycles. The summed E-state index contributed by atoms with van der Waals surface area (Å²) in [5.41, 5.74) is 3.80. The number of phenolic OH excluding ortho intramolecular Hbond substituents is 1. The Morgan fingerprint density at radius 3 is 2.44 bits per heavy atom. The average molecular weight is 426 g/mol. The molecule has 4 rings (SSSR count). The van der Waals surface area contributed by atoms with E-state index in [0.717, 1.165) is 22.6 Å². The lowest BCUT2D eigenvalue weighted by atomic mass is 9.99. The smallest absolute Gasteiger partial charge is 0.155 e. The van der Waals surface area contributed by atoms with Gasteiger partial charge in [0.05, 0.1) is 26.1 Å². The Morgan fingerprint density at radius 2 is 1.74 bits per heavy atom. The van der Waals surface area contributed by atoms with E-state index >= 15 is 0 Å². The minimum atomic E-state index is 0.0760. The van der Waals surface area contributed by atoms with Gasteiger partial charge in [-0.15, -0.1) is 0 Å². The monoisotopic (exact) mass is 425 g/mol. The van der Waals surface area contributed by atoms with Crippen molar-refractivity contribution in [2.75, 3.05) is 14.2 Å². The lowest BCUT2D eigenvalue weighted by Gasteiger charge is -2.15. The third-order valence-electron chi connectivity index (χ3n) is 4.37. The molecule has 0 atom stereocenters. The Morgan fingerprint density at radius 1 is 0.963 bits per heavy atom. The van der Waals surface area contributed by atoms with Gasteiger partial charge in [-0.25, -0.2) is 9.50 Å². The molecule has 6 nitrogen and oxygen atoms in total. The molecule has 7 heteroatoms. The van der Waals surface area contributed by atoms with Crippen molar-refractivity contribution in [3.63, 3.8) is 0 Å². The van der Waals surface area contributed by atoms with Crippen LogP contribution in [0.15, 0.2) is 59.3 Å². The third-order valence-corrected chi connectivity index (χ3v) is 5.14. The number of rotatable bonds is 4. The zero-order valence-corrected chi connectivity index (χ0v) is 16.3. The van der Waals surface area contributed by atoms with Crippen LogP contribution in [0.4, 0.5) is 0 Å². The minimum absolute atomic E-state index is 0.0760. The highest BCUT2D eigenvalue weighted by molar-refractivity contribution is 9.10. The van der Waals surface area contributed by atoms with Crippen molar-refractivity contribution in [3.8, 4) is 39.6 Å². The number of hydrogen-bond donors (Lipinski definition) is 1. The summed E-state index contributed by atoms with van der Waals surface area (Å²) >= 11 is 3.41. The van der Waals surface area contributed by atoms with Crippen LogP contribution in [0.25, 0.3) is 28.0 Å². The van der Waals surface area contributed by atoms with E-state index in [4.69, 9.17) is 9.47 Å². The second-order valence-electron chi connectivity index (χ2n) is 5.83. The Labute approximate surface area is 164 Å². The zero-order valence-electron chi connectivity index (χ0n) is 14.7. The van der Waals surface area contributed by atoms with Gasteiger partial charge in [0.2, 0.25) is 0 Å². The molecule has 0 aliphatic rings. The van der Waals surface area contributed by atoms with Crippen LogP contribution in [-0.4, -0.2) is 33.9 Å². The normalized spacial score (nSPS) is 10.9. The number of nitrogens with zero attached hydrogens (tertiary/aromatic N) is 3.